The standard InChI is InChI=1S/C16H17N5O4S/c1-9-5-6-10(2)13(12(9)14(22)25-4)20-26(23,24)16-18-15-17-11(3)7-8-21(15)19-16/h5-8,20H,1-4H3. The number of anilines is 1. The normalized spacial score (nSPS) is 11.5. The predicted molar refractivity (Wildman–Crippen MR) is 93.6 cm³/mol. The number of benzene rings is 1. The number of aromatic nitrogens is 4. The van der Waals surface area contributed by atoms with Crippen molar-refractivity contribution in [3.05, 3.63) is 46.8 Å². The monoisotopic (exact) mass is 375 g/mol. The highest BCUT2D eigenvalue weighted by atomic mass is 32.2. The number of ether oxygens (including phenoxy) is 1. The molecule has 0 aliphatic heterocycles. The summed E-state index contributed by atoms with van der Waals surface area (Å²) in [5, 5.41) is 3.51. The van der Waals surface area contributed by atoms with Crippen LogP contribution in [-0.4, -0.2) is 41.1 Å². The lowest BCUT2D eigenvalue weighted by Gasteiger charge is -2.14. The zero-order valence-electron chi connectivity index (χ0n) is 14.6. The fraction of sp³-hybridized carbons (Fsp3) is 0.250. The summed E-state index contributed by atoms with van der Waals surface area (Å²) in [5.74, 6) is -0.469. The number of nitrogens with one attached hydrogen (secondary N) is 1. The van der Waals surface area contributed by atoms with Crippen molar-refractivity contribution in [3.63, 3.8) is 0 Å². The van der Waals surface area contributed by atoms with Crippen molar-refractivity contribution in [2.75, 3.05) is 11.8 Å². The number of nitrogens with zero attached hydrogens (tertiary/aromatic N) is 4. The molecule has 1 aromatic carbocycles. The van der Waals surface area contributed by atoms with Crippen LogP contribution in [0.3, 0.4) is 0 Å². The zero-order valence-corrected chi connectivity index (χ0v) is 15.5. The van der Waals surface area contributed by atoms with Crippen LogP contribution in [0.1, 0.15) is 27.2 Å². The van der Waals surface area contributed by atoms with Gasteiger partial charge in [-0.15, -0.1) is 5.10 Å². The summed E-state index contributed by atoms with van der Waals surface area (Å²) in [6.45, 7) is 5.14. The van der Waals surface area contributed by atoms with Crippen LogP contribution in [0.2, 0.25) is 0 Å². The van der Waals surface area contributed by atoms with E-state index in [1.54, 1.807) is 45.2 Å². The maximum atomic E-state index is 12.8. The van der Waals surface area contributed by atoms with Crippen LogP contribution >= 0.6 is 0 Å². The van der Waals surface area contributed by atoms with Gasteiger partial charge in [-0.05, 0) is 38.0 Å². The van der Waals surface area contributed by atoms with Gasteiger partial charge in [-0.1, -0.05) is 12.1 Å². The first kappa shape index (κ1) is 17.8. The maximum Gasteiger partial charge on any atom is 0.340 e. The van der Waals surface area contributed by atoms with Gasteiger partial charge in [-0.3, -0.25) is 4.72 Å². The van der Waals surface area contributed by atoms with E-state index in [2.05, 4.69) is 19.8 Å². The van der Waals surface area contributed by atoms with Crippen LogP contribution in [0.15, 0.2) is 29.6 Å². The number of hydrogen-bond donors (Lipinski definition) is 1. The smallest absolute Gasteiger partial charge is 0.340 e. The van der Waals surface area contributed by atoms with E-state index in [0.717, 1.165) is 0 Å². The van der Waals surface area contributed by atoms with Gasteiger partial charge >= 0.3 is 5.97 Å². The predicted octanol–water partition coefficient (Wildman–Crippen LogP) is 1.64. The highest BCUT2D eigenvalue weighted by Crippen LogP contribution is 2.27. The largest absolute Gasteiger partial charge is 0.465 e. The molecule has 0 amide bonds. The SMILES string of the molecule is COC(=O)c1c(C)ccc(C)c1NS(=O)(=O)c1nc2nc(C)ccn2n1. The molecule has 2 aromatic heterocycles. The molecule has 0 bridgehead atoms. The van der Waals surface area contributed by atoms with E-state index in [0.29, 0.717) is 16.8 Å². The zero-order chi connectivity index (χ0) is 19.1. The molecule has 0 unspecified atom stereocenters. The van der Waals surface area contributed by atoms with Crippen LogP contribution in [0.4, 0.5) is 5.69 Å². The topological polar surface area (TPSA) is 116 Å². The Labute approximate surface area is 150 Å². The van der Waals surface area contributed by atoms with Crippen molar-refractivity contribution >= 4 is 27.5 Å². The minimum absolute atomic E-state index is 0.139. The van der Waals surface area contributed by atoms with Crippen molar-refractivity contribution in [1.82, 2.24) is 19.6 Å². The molecule has 0 aliphatic carbocycles. The summed E-state index contributed by atoms with van der Waals surface area (Å²) in [6.07, 6.45) is 1.57. The number of methoxy groups -OCH3 is 1. The van der Waals surface area contributed by atoms with E-state index in [1.807, 2.05) is 0 Å². The van der Waals surface area contributed by atoms with Crippen molar-refractivity contribution in [2.45, 2.75) is 25.9 Å². The summed E-state index contributed by atoms with van der Waals surface area (Å²) in [5.41, 5.74) is 2.12. The highest BCUT2D eigenvalue weighted by Gasteiger charge is 2.26. The molecule has 3 aromatic rings. The molecule has 9 nitrogen and oxygen atoms in total. The number of carbonyl (C=O) groups is 1. The Balaban J connectivity index is 2.09. The van der Waals surface area contributed by atoms with Gasteiger partial charge in [0, 0.05) is 11.9 Å². The first-order chi connectivity index (χ1) is 12.2. The van der Waals surface area contributed by atoms with Gasteiger partial charge in [0.05, 0.1) is 18.4 Å². The van der Waals surface area contributed by atoms with E-state index >= 15 is 0 Å². The van der Waals surface area contributed by atoms with Crippen LogP contribution in [0, 0.1) is 20.8 Å². The number of aryl methyl sites for hydroxylation is 3. The van der Waals surface area contributed by atoms with Gasteiger partial charge < -0.3 is 4.74 Å². The van der Waals surface area contributed by atoms with Crippen molar-refractivity contribution in [2.24, 2.45) is 0 Å². The van der Waals surface area contributed by atoms with Crippen molar-refractivity contribution < 1.29 is 17.9 Å². The van der Waals surface area contributed by atoms with Crippen LogP contribution in [-0.2, 0) is 14.8 Å². The second-order valence-electron chi connectivity index (χ2n) is 5.75. The summed E-state index contributed by atoms with van der Waals surface area (Å²) < 4.78 is 34.0. The quantitative estimate of drug-likeness (QED) is 0.689. The molecule has 0 saturated heterocycles. The van der Waals surface area contributed by atoms with Gasteiger partial charge in [0.25, 0.3) is 21.0 Å². The molecular formula is C16H17N5O4S. The molecule has 0 radical (unpaired) electrons. The minimum atomic E-state index is -4.13. The van der Waals surface area contributed by atoms with Gasteiger partial charge in [0.2, 0.25) is 0 Å². The average molecular weight is 375 g/mol. The summed E-state index contributed by atoms with van der Waals surface area (Å²) >= 11 is 0. The third-order valence-electron chi connectivity index (χ3n) is 3.82. The molecule has 26 heavy (non-hydrogen) atoms. The Bertz CT molecular complexity index is 1120. The van der Waals surface area contributed by atoms with Crippen LogP contribution in [0.25, 0.3) is 5.78 Å². The number of rotatable bonds is 4. The van der Waals surface area contributed by atoms with Crippen LogP contribution < -0.4 is 4.72 Å². The molecular weight excluding hydrogens is 358 g/mol. The summed E-state index contributed by atoms with van der Waals surface area (Å²) in [6, 6.07) is 5.11. The fourth-order valence-corrected chi connectivity index (χ4v) is 3.47. The number of hydrogen-bond acceptors (Lipinski definition) is 7. The van der Waals surface area contributed by atoms with Crippen LogP contribution in [0.5, 0.6) is 0 Å². The van der Waals surface area contributed by atoms with E-state index in [-0.39, 0.29) is 17.0 Å². The Morgan fingerprint density at radius 1 is 1.12 bits per heavy atom. The Hall–Kier alpha value is -3.01. The fourth-order valence-electron chi connectivity index (χ4n) is 2.45. The van der Waals surface area contributed by atoms with Gasteiger partial charge in [0.15, 0.2) is 0 Å². The number of fused-ring (bicyclic) bond motifs is 1. The molecule has 0 aliphatic rings. The van der Waals surface area contributed by atoms with Gasteiger partial charge in [0.1, 0.15) is 0 Å². The third-order valence-corrected chi connectivity index (χ3v) is 4.94. The van der Waals surface area contributed by atoms with Gasteiger partial charge in [-0.25, -0.2) is 14.3 Å². The lowest BCUT2D eigenvalue weighted by molar-refractivity contribution is 0.0601. The first-order valence-corrected chi connectivity index (χ1v) is 9.12. The molecule has 0 atom stereocenters. The molecule has 2 heterocycles. The van der Waals surface area contributed by atoms with E-state index in [1.165, 1.54) is 11.6 Å². The molecule has 136 valence electrons. The van der Waals surface area contributed by atoms with E-state index < -0.39 is 21.1 Å². The lowest BCUT2D eigenvalue weighted by atomic mass is 10.0. The average Bonchev–Trinajstić information content (AvgIpc) is 3.01. The Kier molecular flexibility index (Phi) is 4.36. The van der Waals surface area contributed by atoms with Crippen molar-refractivity contribution in [3.8, 4) is 0 Å². The summed E-state index contributed by atoms with van der Waals surface area (Å²) in [4.78, 5) is 20.2. The second-order valence-corrected chi connectivity index (χ2v) is 7.33. The second kappa shape index (κ2) is 6.37. The molecule has 0 fully saturated rings. The number of esters is 1. The lowest BCUT2D eigenvalue weighted by Crippen LogP contribution is -2.19. The molecule has 3 rings (SSSR count). The first-order valence-electron chi connectivity index (χ1n) is 7.64. The van der Waals surface area contributed by atoms with Crippen molar-refractivity contribution in [1.29, 1.82) is 0 Å². The maximum absolute atomic E-state index is 12.8. The minimum Gasteiger partial charge on any atom is -0.465 e. The number of carbonyl (C=O) groups excluding carboxylic acids is 1. The highest BCUT2D eigenvalue weighted by molar-refractivity contribution is 7.92. The number of sulfonamides is 1. The molecule has 1 N–H and O–H groups in total. The van der Waals surface area contributed by atoms with Gasteiger partial charge in [-0.2, -0.15) is 13.4 Å². The van der Waals surface area contributed by atoms with E-state index in [4.69, 9.17) is 4.74 Å². The molecule has 0 spiro atoms. The molecule has 0 saturated carbocycles. The Morgan fingerprint density at radius 2 is 1.81 bits per heavy atom. The summed E-state index contributed by atoms with van der Waals surface area (Å²) in [7, 11) is -2.90. The third kappa shape index (κ3) is 3.10. The van der Waals surface area contributed by atoms with E-state index in [9.17, 15) is 13.2 Å². The molecule has 10 heteroatoms. The Morgan fingerprint density at radius 3 is 2.50 bits per heavy atom.